The van der Waals surface area contributed by atoms with Crippen LogP contribution < -0.4 is 0 Å². The smallest absolute Gasteiger partial charge is 0.356 e. The van der Waals surface area contributed by atoms with Gasteiger partial charge in [0.15, 0.2) is 5.69 Å². The van der Waals surface area contributed by atoms with Gasteiger partial charge < -0.3 is 9.67 Å². The van der Waals surface area contributed by atoms with Crippen molar-refractivity contribution in [1.29, 1.82) is 0 Å². The van der Waals surface area contributed by atoms with Crippen molar-refractivity contribution in [2.45, 2.75) is 32.2 Å². The average Bonchev–Trinajstić information content (AvgIpc) is 2.59. The lowest BCUT2D eigenvalue weighted by Crippen LogP contribution is -2.14. The van der Waals surface area contributed by atoms with Crippen LogP contribution in [-0.4, -0.2) is 26.4 Å². The fourth-order valence-corrected chi connectivity index (χ4v) is 2.28. The fraction of sp³-hybridized carbons (Fsp3) is 0.600. The third-order valence-electron chi connectivity index (χ3n) is 2.73. The van der Waals surface area contributed by atoms with E-state index in [1.54, 1.807) is 0 Å². The van der Waals surface area contributed by atoms with E-state index in [0.29, 0.717) is 5.75 Å². The molecule has 0 amide bonds. The second kappa shape index (κ2) is 4.26. The van der Waals surface area contributed by atoms with E-state index in [9.17, 15) is 4.79 Å². The molecule has 2 rings (SSSR count). The van der Waals surface area contributed by atoms with Gasteiger partial charge in [-0.15, -0.1) is 0 Å². The van der Waals surface area contributed by atoms with Crippen LogP contribution in [-0.2, 0) is 19.4 Å². The number of aryl methyl sites for hydroxylation is 1. The molecule has 15 heavy (non-hydrogen) atoms. The standard InChI is InChI=1S/C10H14N2O2S/c13-10(14)9-7-3-1-2-5-12(7)8(11-9)4-6-15/h15H,1-6H2,(H,13,14). The van der Waals surface area contributed by atoms with Gasteiger partial charge in [-0.3, -0.25) is 0 Å². The largest absolute Gasteiger partial charge is 0.476 e. The van der Waals surface area contributed by atoms with Crippen LogP contribution in [0.5, 0.6) is 0 Å². The molecule has 0 fully saturated rings. The number of fused-ring (bicyclic) bond motifs is 1. The number of hydrogen-bond acceptors (Lipinski definition) is 3. The quantitative estimate of drug-likeness (QED) is 0.766. The van der Waals surface area contributed by atoms with Crippen molar-refractivity contribution in [2.75, 3.05) is 5.75 Å². The highest BCUT2D eigenvalue weighted by molar-refractivity contribution is 7.80. The number of aromatic carboxylic acids is 1. The molecule has 5 heteroatoms. The van der Waals surface area contributed by atoms with Gasteiger partial charge in [0, 0.05) is 13.0 Å². The highest BCUT2D eigenvalue weighted by Crippen LogP contribution is 2.21. The van der Waals surface area contributed by atoms with E-state index in [1.165, 1.54) is 0 Å². The van der Waals surface area contributed by atoms with Crippen LogP contribution in [0.15, 0.2) is 0 Å². The van der Waals surface area contributed by atoms with Crippen molar-refractivity contribution in [3.05, 3.63) is 17.2 Å². The molecular weight excluding hydrogens is 212 g/mol. The number of imidazole rings is 1. The third-order valence-corrected chi connectivity index (χ3v) is 2.96. The summed E-state index contributed by atoms with van der Waals surface area (Å²) in [6, 6.07) is 0. The van der Waals surface area contributed by atoms with E-state index in [2.05, 4.69) is 22.2 Å². The normalized spacial score (nSPS) is 15.0. The van der Waals surface area contributed by atoms with E-state index in [4.69, 9.17) is 5.11 Å². The Labute approximate surface area is 93.7 Å². The van der Waals surface area contributed by atoms with Gasteiger partial charge in [-0.05, 0) is 25.0 Å². The molecule has 1 N–H and O–H groups in total. The molecule has 4 nitrogen and oxygen atoms in total. The molecule has 0 saturated heterocycles. The van der Waals surface area contributed by atoms with Crippen molar-refractivity contribution < 1.29 is 9.90 Å². The minimum absolute atomic E-state index is 0.242. The first kappa shape index (κ1) is 10.5. The molecule has 82 valence electrons. The van der Waals surface area contributed by atoms with Gasteiger partial charge >= 0.3 is 5.97 Å². The Morgan fingerprint density at radius 1 is 1.53 bits per heavy atom. The SMILES string of the molecule is O=C(O)c1nc(CCS)n2c1CCCC2. The Morgan fingerprint density at radius 2 is 2.33 bits per heavy atom. The predicted molar refractivity (Wildman–Crippen MR) is 59.7 cm³/mol. The maximum atomic E-state index is 11.0. The van der Waals surface area contributed by atoms with Crippen LogP contribution in [0.4, 0.5) is 0 Å². The van der Waals surface area contributed by atoms with Crippen molar-refractivity contribution in [1.82, 2.24) is 9.55 Å². The summed E-state index contributed by atoms with van der Waals surface area (Å²) in [6.07, 6.45) is 3.75. The molecule has 1 aliphatic rings. The first-order chi connectivity index (χ1) is 7.24. The lowest BCUT2D eigenvalue weighted by molar-refractivity contribution is 0.0689. The second-order valence-electron chi connectivity index (χ2n) is 3.71. The van der Waals surface area contributed by atoms with Gasteiger partial charge in [-0.25, -0.2) is 9.78 Å². The van der Waals surface area contributed by atoms with E-state index in [1.807, 2.05) is 0 Å². The maximum Gasteiger partial charge on any atom is 0.356 e. The van der Waals surface area contributed by atoms with E-state index in [0.717, 1.165) is 43.7 Å². The zero-order chi connectivity index (χ0) is 10.8. The Hall–Kier alpha value is -0.970. The summed E-state index contributed by atoms with van der Waals surface area (Å²) in [5, 5.41) is 9.03. The number of hydrogen-bond donors (Lipinski definition) is 2. The molecule has 0 aromatic carbocycles. The summed E-state index contributed by atoms with van der Waals surface area (Å²) < 4.78 is 2.06. The number of rotatable bonds is 3. The summed E-state index contributed by atoms with van der Waals surface area (Å²) >= 11 is 4.16. The lowest BCUT2D eigenvalue weighted by Gasteiger charge is -2.16. The molecule has 1 aliphatic heterocycles. The Balaban J connectivity index is 2.44. The van der Waals surface area contributed by atoms with Crippen LogP contribution in [0.1, 0.15) is 34.8 Å². The number of carboxylic acid groups (broad SMARTS) is 1. The van der Waals surface area contributed by atoms with Crippen molar-refractivity contribution in [2.24, 2.45) is 0 Å². The van der Waals surface area contributed by atoms with Gasteiger partial charge in [0.05, 0.1) is 5.69 Å². The van der Waals surface area contributed by atoms with Crippen LogP contribution in [0.3, 0.4) is 0 Å². The molecule has 2 heterocycles. The molecule has 0 unspecified atom stereocenters. The van der Waals surface area contributed by atoms with Gasteiger partial charge in [0.25, 0.3) is 0 Å². The van der Waals surface area contributed by atoms with E-state index >= 15 is 0 Å². The van der Waals surface area contributed by atoms with Gasteiger partial charge in [0.1, 0.15) is 5.82 Å². The molecule has 0 atom stereocenters. The Morgan fingerprint density at radius 3 is 3.00 bits per heavy atom. The summed E-state index contributed by atoms with van der Waals surface area (Å²) in [6.45, 7) is 0.902. The lowest BCUT2D eigenvalue weighted by atomic mass is 10.1. The minimum atomic E-state index is -0.911. The summed E-state index contributed by atoms with van der Waals surface area (Å²) in [7, 11) is 0. The van der Waals surface area contributed by atoms with Crippen LogP contribution in [0.2, 0.25) is 0 Å². The molecule has 0 radical (unpaired) electrons. The highest BCUT2D eigenvalue weighted by atomic mass is 32.1. The zero-order valence-corrected chi connectivity index (χ0v) is 9.33. The van der Waals surface area contributed by atoms with E-state index in [-0.39, 0.29) is 5.69 Å². The molecule has 1 aromatic rings. The molecule has 0 spiro atoms. The first-order valence-corrected chi connectivity index (χ1v) is 5.79. The number of carboxylic acids is 1. The van der Waals surface area contributed by atoms with Crippen molar-refractivity contribution in [3.63, 3.8) is 0 Å². The summed E-state index contributed by atoms with van der Waals surface area (Å²) in [4.78, 5) is 15.2. The fourth-order valence-electron chi connectivity index (χ4n) is 2.08. The first-order valence-electron chi connectivity index (χ1n) is 5.16. The highest BCUT2D eigenvalue weighted by Gasteiger charge is 2.23. The maximum absolute atomic E-state index is 11.0. The molecular formula is C10H14N2O2S. The zero-order valence-electron chi connectivity index (χ0n) is 8.44. The molecule has 1 aromatic heterocycles. The van der Waals surface area contributed by atoms with Gasteiger partial charge in [-0.2, -0.15) is 12.6 Å². The second-order valence-corrected chi connectivity index (χ2v) is 4.16. The third kappa shape index (κ3) is 1.88. The predicted octanol–water partition coefficient (Wildman–Crippen LogP) is 1.39. The number of nitrogens with zero attached hydrogens (tertiary/aromatic N) is 2. The number of carbonyl (C=O) groups is 1. The number of thiol groups is 1. The average molecular weight is 226 g/mol. The van der Waals surface area contributed by atoms with E-state index < -0.39 is 5.97 Å². The summed E-state index contributed by atoms with van der Waals surface area (Å²) in [5.74, 6) is 0.665. The Kier molecular flexibility index (Phi) is 3.00. The van der Waals surface area contributed by atoms with Crippen LogP contribution in [0, 0.1) is 0 Å². The van der Waals surface area contributed by atoms with Crippen molar-refractivity contribution >= 4 is 18.6 Å². The van der Waals surface area contributed by atoms with Gasteiger partial charge in [-0.1, -0.05) is 0 Å². The topological polar surface area (TPSA) is 55.1 Å². The van der Waals surface area contributed by atoms with Crippen LogP contribution in [0.25, 0.3) is 0 Å². The van der Waals surface area contributed by atoms with Gasteiger partial charge in [0.2, 0.25) is 0 Å². The Bertz CT molecular complexity index is 387. The molecule has 0 saturated carbocycles. The molecule has 0 bridgehead atoms. The molecule has 0 aliphatic carbocycles. The monoisotopic (exact) mass is 226 g/mol. The summed E-state index contributed by atoms with van der Waals surface area (Å²) in [5.41, 5.74) is 1.14. The van der Waals surface area contributed by atoms with Crippen molar-refractivity contribution in [3.8, 4) is 0 Å². The minimum Gasteiger partial charge on any atom is -0.476 e. The van der Waals surface area contributed by atoms with Crippen LogP contribution >= 0.6 is 12.6 Å². The number of aromatic nitrogens is 2.